The third kappa shape index (κ3) is 3.97. The molecule has 0 spiro atoms. The van der Waals surface area contributed by atoms with Gasteiger partial charge in [0.25, 0.3) is 0 Å². The van der Waals surface area contributed by atoms with E-state index in [0.717, 1.165) is 25.9 Å². The topological polar surface area (TPSA) is 12.5 Å². The first-order valence-corrected chi connectivity index (χ1v) is 7.56. The van der Waals surface area contributed by atoms with Crippen LogP contribution in [0.4, 0.5) is 5.69 Å². The molecule has 0 N–H and O–H groups in total. The molecule has 0 unspecified atom stereocenters. The van der Waals surface area contributed by atoms with Gasteiger partial charge in [0.05, 0.1) is 12.2 Å². The highest BCUT2D eigenvalue weighted by Gasteiger charge is 2.20. The molecule has 1 saturated heterocycles. The van der Waals surface area contributed by atoms with Gasteiger partial charge in [-0.3, -0.25) is 0 Å². The lowest BCUT2D eigenvalue weighted by Gasteiger charge is -2.34. The molecule has 2 nitrogen and oxygen atoms in total. The molecule has 0 atom stereocenters. The zero-order chi connectivity index (χ0) is 13.8. The van der Waals surface area contributed by atoms with Gasteiger partial charge in [0, 0.05) is 18.8 Å². The molecule has 1 aliphatic heterocycles. The number of hydrogen-bond acceptors (Lipinski definition) is 2. The van der Waals surface area contributed by atoms with E-state index < -0.39 is 0 Å². The number of benzene rings is 1. The molecule has 0 bridgehead atoms. The summed E-state index contributed by atoms with van der Waals surface area (Å²) in [5.41, 5.74) is 2.77. The molecule has 1 aromatic rings. The molecule has 0 aliphatic carbocycles. The standard InChI is InChI=1S/C17H27NO/c1-13(2)15-5-7-16(8-6-15)18-11-9-17(10-12-18)19-14(3)4/h5-8,13-14,17H,9-12H2,1-4H3. The van der Waals surface area contributed by atoms with Gasteiger partial charge in [-0.05, 0) is 50.3 Å². The normalized spacial score (nSPS) is 17.5. The van der Waals surface area contributed by atoms with Crippen molar-refractivity contribution in [3.8, 4) is 0 Å². The van der Waals surface area contributed by atoms with Crippen LogP contribution in [0.25, 0.3) is 0 Å². The monoisotopic (exact) mass is 261 g/mol. The lowest BCUT2D eigenvalue weighted by atomic mass is 10.0. The second kappa shape index (κ2) is 6.42. The van der Waals surface area contributed by atoms with Crippen LogP contribution in [0.3, 0.4) is 0 Å². The van der Waals surface area contributed by atoms with Crippen molar-refractivity contribution < 1.29 is 4.74 Å². The number of anilines is 1. The third-order valence-electron chi connectivity index (χ3n) is 3.83. The zero-order valence-electron chi connectivity index (χ0n) is 12.7. The molecular weight excluding hydrogens is 234 g/mol. The van der Waals surface area contributed by atoms with E-state index in [-0.39, 0.29) is 0 Å². The summed E-state index contributed by atoms with van der Waals surface area (Å²) in [6.45, 7) is 10.9. The van der Waals surface area contributed by atoms with Gasteiger partial charge in [-0.1, -0.05) is 26.0 Å². The Morgan fingerprint density at radius 1 is 1.00 bits per heavy atom. The van der Waals surface area contributed by atoms with E-state index >= 15 is 0 Å². The lowest BCUT2D eigenvalue weighted by molar-refractivity contribution is -0.00478. The van der Waals surface area contributed by atoms with Crippen molar-refractivity contribution in [2.45, 2.75) is 58.7 Å². The first kappa shape index (κ1) is 14.4. The summed E-state index contributed by atoms with van der Waals surface area (Å²) in [4.78, 5) is 2.48. The molecule has 1 aromatic carbocycles. The van der Waals surface area contributed by atoms with Crippen molar-refractivity contribution in [1.29, 1.82) is 0 Å². The molecule has 0 saturated carbocycles. The molecule has 1 heterocycles. The third-order valence-corrected chi connectivity index (χ3v) is 3.83. The number of nitrogens with zero attached hydrogens (tertiary/aromatic N) is 1. The molecule has 106 valence electrons. The van der Waals surface area contributed by atoms with E-state index in [0.29, 0.717) is 18.1 Å². The summed E-state index contributed by atoms with van der Waals surface area (Å²) >= 11 is 0. The van der Waals surface area contributed by atoms with Gasteiger partial charge in [0.15, 0.2) is 0 Å². The number of hydrogen-bond donors (Lipinski definition) is 0. The van der Waals surface area contributed by atoms with Gasteiger partial charge in [0.2, 0.25) is 0 Å². The minimum absolute atomic E-state index is 0.349. The van der Waals surface area contributed by atoms with Gasteiger partial charge >= 0.3 is 0 Å². The Morgan fingerprint density at radius 3 is 2.05 bits per heavy atom. The quantitative estimate of drug-likeness (QED) is 0.805. The van der Waals surface area contributed by atoms with E-state index in [1.807, 2.05) is 0 Å². The van der Waals surface area contributed by atoms with Crippen molar-refractivity contribution in [1.82, 2.24) is 0 Å². The van der Waals surface area contributed by atoms with Crippen molar-refractivity contribution >= 4 is 5.69 Å². The maximum Gasteiger partial charge on any atom is 0.0612 e. The predicted octanol–water partition coefficient (Wildman–Crippen LogP) is 4.20. The zero-order valence-corrected chi connectivity index (χ0v) is 12.7. The fourth-order valence-corrected chi connectivity index (χ4v) is 2.71. The molecule has 19 heavy (non-hydrogen) atoms. The number of piperidine rings is 1. The van der Waals surface area contributed by atoms with Crippen molar-refractivity contribution in [2.75, 3.05) is 18.0 Å². The Hall–Kier alpha value is -1.02. The molecule has 0 amide bonds. The molecular formula is C17H27NO. The summed E-state index contributed by atoms with van der Waals surface area (Å²) < 4.78 is 5.90. The minimum atomic E-state index is 0.349. The predicted molar refractivity (Wildman–Crippen MR) is 82.0 cm³/mol. The maximum atomic E-state index is 5.90. The Kier molecular flexibility index (Phi) is 4.87. The summed E-state index contributed by atoms with van der Waals surface area (Å²) in [5.74, 6) is 0.610. The maximum absolute atomic E-state index is 5.90. The van der Waals surface area contributed by atoms with Crippen LogP contribution >= 0.6 is 0 Å². The minimum Gasteiger partial charge on any atom is -0.375 e. The Labute approximate surface area is 117 Å². The van der Waals surface area contributed by atoms with E-state index in [1.165, 1.54) is 11.3 Å². The Morgan fingerprint density at radius 2 is 1.58 bits per heavy atom. The van der Waals surface area contributed by atoms with Crippen LogP contribution in [0.2, 0.25) is 0 Å². The smallest absolute Gasteiger partial charge is 0.0612 e. The summed E-state index contributed by atoms with van der Waals surface area (Å²) in [7, 11) is 0. The van der Waals surface area contributed by atoms with Gasteiger partial charge in [0.1, 0.15) is 0 Å². The van der Waals surface area contributed by atoms with Crippen molar-refractivity contribution in [3.05, 3.63) is 29.8 Å². The van der Waals surface area contributed by atoms with Crippen molar-refractivity contribution in [3.63, 3.8) is 0 Å². The number of rotatable bonds is 4. The van der Waals surface area contributed by atoms with Crippen LogP contribution in [0.15, 0.2) is 24.3 Å². The number of ether oxygens (including phenoxy) is 1. The SMILES string of the molecule is CC(C)OC1CCN(c2ccc(C(C)C)cc2)CC1. The highest BCUT2D eigenvalue weighted by molar-refractivity contribution is 5.48. The molecule has 0 radical (unpaired) electrons. The fourth-order valence-electron chi connectivity index (χ4n) is 2.71. The van der Waals surface area contributed by atoms with Crippen LogP contribution in [0, 0.1) is 0 Å². The van der Waals surface area contributed by atoms with Crippen LogP contribution in [0.1, 0.15) is 52.0 Å². The van der Waals surface area contributed by atoms with Crippen LogP contribution < -0.4 is 4.90 Å². The first-order valence-electron chi connectivity index (χ1n) is 7.56. The molecule has 2 rings (SSSR count). The molecule has 1 aliphatic rings. The second-order valence-electron chi connectivity index (χ2n) is 6.12. The van der Waals surface area contributed by atoms with Crippen LogP contribution in [-0.4, -0.2) is 25.3 Å². The Balaban J connectivity index is 1.90. The van der Waals surface area contributed by atoms with E-state index in [1.54, 1.807) is 0 Å². The highest BCUT2D eigenvalue weighted by Crippen LogP contribution is 2.24. The van der Waals surface area contributed by atoms with E-state index in [2.05, 4.69) is 56.9 Å². The molecule has 1 fully saturated rings. The van der Waals surface area contributed by atoms with Crippen LogP contribution in [-0.2, 0) is 4.74 Å². The summed E-state index contributed by atoms with van der Waals surface area (Å²) in [6, 6.07) is 9.05. The molecule has 2 heteroatoms. The van der Waals surface area contributed by atoms with Crippen molar-refractivity contribution in [2.24, 2.45) is 0 Å². The van der Waals surface area contributed by atoms with Gasteiger partial charge in [-0.2, -0.15) is 0 Å². The second-order valence-corrected chi connectivity index (χ2v) is 6.12. The lowest BCUT2D eigenvalue weighted by Crippen LogP contribution is -2.37. The summed E-state index contributed by atoms with van der Waals surface area (Å²) in [5, 5.41) is 0. The van der Waals surface area contributed by atoms with E-state index in [9.17, 15) is 0 Å². The largest absolute Gasteiger partial charge is 0.375 e. The average molecular weight is 261 g/mol. The summed E-state index contributed by atoms with van der Waals surface area (Å²) in [6.07, 6.45) is 3.09. The van der Waals surface area contributed by atoms with Gasteiger partial charge in [-0.25, -0.2) is 0 Å². The van der Waals surface area contributed by atoms with Gasteiger partial charge < -0.3 is 9.64 Å². The average Bonchev–Trinajstić information content (AvgIpc) is 2.39. The van der Waals surface area contributed by atoms with Crippen LogP contribution in [0.5, 0.6) is 0 Å². The molecule has 0 aromatic heterocycles. The highest BCUT2D eigenvalue weighted by atomic mass is 16.5. The Bertz CT molecular complexity index is 375. The van der Waals surface area contributed by atoms with E-state index in [4.69, 9.17) is 4.74 Å². The first-order chi connectivity index (χ1) is 9.06. The van der Waals surface area contributed by atoms with Gasteiger partial charge in [-0.15, -0.1) is 0 Å². The fraction of sp³-hybridized carbons (Fsp3) is 0.647.